The summed E-state index contributed by atoms with van der Waals surface area (Å²) in [5, 5.41) is 3.57. The fraction of sp³-hybridized carbons (Fsp3) is 0.600. The van der Waals surface area contributed by atoms with E-state index in [2.05, 4.69) is 5.32 Å². The first-order valence-corrected chi connectivity index (χ1v) is 6.93. The first kappa shape index (κ1) is 12.1. The lowest BCUT2D eigenvalue weighted by atomic mass is 9.89. The van der Waals surface area contributed by atoms with E-state index in [0.717, 1.165) is 31.2 Å². The van der Waals surface area contributed by atoms with Crippen molar-refractivity contribution in [2.75, 3.05) is 13.2 Å². The van der Waals surface area contributed by atoms with Crippen LogP contribution >= 0.6 is 0 Å². The van der Waals surface area contributed by atoms with Gasteiger partial charge in [0.2, 0.25) is 0 Å². The van der Waals surface area contributed by atoms with Crippen molar-refractivity contribution in [3.63, 3.8) is 0 Å². The molecule has 98 valence electrons. The van der Waals surface area contributed by atoms with E-state index in [1.807, 2.05) is 6.07 Å². The van der Waals surface area contributed by atoms with Crippen molar-refractivity contribution < 1.29 is 9.13 Å². The van der Waals surface area contributed by atoms with Gasteiger partial charge in [0.25, 0.3) is 0 Å². The van der Waals surface area contributed by atoms with Crippen molar-refractivity contribution >= 4 is 0 Å². The van der Waals surface area contributed by atoms with Crippen LogP contribution in [0.5, 0.6) is 0 Å². The number of hydrogen-bond donors (Lipinski definition) is 1. The predicted molar refractivity (Wildman–Crippen MR) is 68.8 cm³/mol. The van der Waals surface area contributed by atoms with Crippen molar-refractivity contribution in [1.82, 2.24) is 5.32 Å². The highest BCUT2D eigenvalue weighted by molar-refractivity contribution is 5.20. The third kappa shape index (κ3) is 2.90. The second-order valence-electron chi connectivity index (χ2n) is 5.43. The Kier molecular flexibility index (Phi) is 3.62. The standard InChI is InChI=1S/C15H20FNO/c16-13-5-1-3-11(9-13)15-12(4-2-8-18-15)10-17-14-6-7-14/h1,3,5,9,12,14-15,17H,2,4,6-8,10H2. The van der Waals surface area contributed by atoms with Gasteiger partial charge in [-0.3, -0.25) is 0 Å². The fourth-order valence-corrected chi connectivity index (χ4v) is 2.71. The molecule has 1 aliphatic heterocycles. The van der Waals surface area contributed by atoms with E-state index < -0.39 is 0 Å². The van der Waals surface area contributed by atoms with Crippen LogP contribution in [0.25, 0.3) is 0 Å². The summed E-state index contributed by atoms with van der Waals surface area (Å²) in [4.78, 5) is 0. The molecule has 0 bridgehead atoms. The Morgan fingerprint density at radius 3 is 2.94 bits per heavy atom. The number of benzene rings is 1. The molecule has 2 unspecified atom stereocenters. The summed E-state index contributed by atoms with van der Waals surface area (Å²) in [5.41, 5.74) is 0.984. The Hall–Kier alpha value is -0.930. The number of halogens is 1. The lowest BCUT2D eigenvalue weighted by Gasteiger charge is -2.32. The molecule has 0 aromatic heterocycles. The van der Waals surface area contributed by atoms with Crippen molar-refractivity contribution in [1.29, 1.82) is 0 Å². The molecule has 3 rings (SSSR count). The highest BCUT2D eigenvalue weighted by Crippen LogP contribution is 2.34. The van der Waals surface area contributed by atoms with Gasteiger partial charge in [-0.15, -0.1) is 0 Å². The van der Waals surface area contributed by atoms with E-state index in [0.29, 0.717) is 5.92 Å². The van der Waals surface area contributed by atoms with Crippen LogP contribution < -0.4 is 5.32 Å². The van der Waals surface area contributed by atoms with Crippen molar-refractivity contribution in [2.24, 2.45) is 5.92 Å². The average Bonchev–Trinajstić information content (AvgIpc) is 3.21. The predicted octanol–water partition coefficient (Wildman–Crippen LogP) is 3.05. The summed E-state index contributed by atoms with van der Waals surface area (Å²) >= 11 is 0. The molecule has 1 N–H and O–H groups in total. The van der Waals surface area contributed by atoms with Crippen LogP contribution in [0.3, 0.4) is 0 Å². The van der Waals surface area contributed by atoms with E-state index in [-0.39, 0.29) is 11.9 Å². The lowest BCUT2D eigenvalue weighted by Crippen LogP contribution is -2.32. The molecule has 1 saturated heterocycles. The number of ether oxygens (including phenoxy) is 1. The number of hydrogen-bond acceptors (Lipinski definition) is 2. The molecule has 1 aromatic rings. The molecule has 18 heavy (non-hydrogen) atoms. The summed E-state index contributed by atoms with van der Waals surface area (Å²) in [6, 6.07) is 7.57. The zero-order chi connectivity index (χ0) is 12.4. The maximum atomic E-state index is 13.3. The largest absolute Gasteiger partial charge is 0.373 e. The molecular formula is C15H20FNO. The van der Waals surface area contributed by atoms with Gasteiger partial charge in [0, 0.05) is 25.1 Å². The van der Waals surface area contributed by atoms with Crippen molar-refractivity contribution in [2.45, 2.75) is 37.8 Å². The Balaban J connectivity index is 1.69. The van der Waals surface area contributed by atoms with Gasteiger partial charge in [0.05, 0.1) is 6.10 Å². The van der Waals surface area contributed by atoms with Gasteiger partial charge in [-0.1, -0.05) is 12.1 Å². The third-order valence-electron chi connectivity index (χ3n) is 3.87. The van der Waals surface area contributed by atoms with Crippen LogP contribution in [0.4, 0.5) is 4.39 Å². The Morgan fingerprint density at radius 2 is 2.17 bits per heavy atom. The van der Waals surface area contributed by atoms with Gasteiger partial charge in [0.1, 0.15) is 5.82 Å². The summed E-state index contributed by atoms with van der Waals surface area (Å²) in [6.07, 6.45) is 4.95. The Morgan fingerprint density at radius 1 is 1.28 bits per heavy atom. The van der Waals surface area contributed by atoms with Crippen LogP contribution in [0, 0.1) is 11.7 Å². The zero-order valence-corrected chi connectivity index (χ0v) is 10.6. The molecule has 2 nitrogen and oxygen atoms in total. The minimum atomic E-state index is -0.171. The number of nitrogens with one attached hydrogen (secondary N) is 1. The quantitative estimate of drug-likeness (QED) is 0.885. The highest BCUT2D eigenvalue weighted by Gasteiger charge is 2.29. The Labute approximate surface area is 108 Å². The molecule has 1 aliphatic carbocycles. The van der Waals surface area contributed by atoms with Crippen LogP contribution in [0.15, 0.2) is 24.3 Å². The van der Waals surface area contributed by atoms with Crippen LogP contribution in [-0.2, 0) is 4.74 Å². The molecule has 2 fully saturated rings. The molecule has 1 aromatic carbocycles. The minimum absolute atomic E-state index is 0.0562. The van der Waals surface area contributed by atoms with E-state index >= 15 is 0 Å². The molecule has 1 heterocycles. The van der Waals surface area contributed by atoms with E-state index in [4.69, 9.17) is 4.74 Å². The molecule has 0 radical (unpaired) electrons. The summed E-state index contributed by atoms with van der Waals surface area (Å²) in [5.74, 6) is 0.303. The van der Waals surface area contributed by atoms with Crippen LogP contribution in [0.2, 0.25) is 0 Å². The maximum absolute atomic E-state index is 13.3. The lowest BCUT2D eigenvalue weighted by molar-refractivity contribution is -0.0280. The molecule has 0 amide bonds. The van der Waals surface area contributed by atoms with Crippen molar-refractivity contribution in [3.05, 3.63) is 35.6 Å². The SMILES string of the molecule is Fc1cccc(C2OCCCC2CNC2CC2)c1. The van der Waals surface area contributed by atoms with E-state index in [9.17, 15) is 4.39 Å². The molecule has 0 spiro atoms. The summed E-state index contributed by atoms with van der Waals surface area (Å²) < 4.78 is 19.2. The normalized spacial score (nSPS) is 28.3. The monoisotopic (exact) mass is 249 g/mol. The molecule has 1 saturated carbocycles. The highest BCUT2D eigenvalue weighted by atomic mass is 19.1. The van der Waals surface area contributed by atoms with Crippen LogP contribution in [-0.4, -0.2) is 19.2 Å². The van der Waals surface area contributed by atoms with Gasteiger partial charge in [0.15, 0.2) is 0 Å². The van der Waals surface area contributed by atoms with Crippen LogP contribution in [0.1, 0.15) is 37.4 Å². The Bertz CT molecular complexity index is 405. The number of rotatable bonds is 4. The van der Waals surface area contributed by atoms with Gasteiger partial charge in [-0.2, -0.15) is 0 Å². The van der Waals surface area contributed by atoms with E-state index in [1.165, 1.54) is 25.3 Å². The summed E-state index contributed by atoms with van der Waals surface area (Å²) in [7, 11) is 0. The molecule has 3 heteroatoms. The van der Waals surface area contributed by atoms with E-state index in [1.54, 1.807) is 12.1 Å². The first-order chi connectivity index (χ1) is 8.83. The fourth-order valence-electron chi connectivity index (χ4n) is 2.71. The summed E-state index contributed by atoms with van der Waals surface area (Å²) in [6.45, 7) is 1.78. The van der Waals surface area contributed by atoms with Gasteiger partial charge < -0.3 is 10.1 Å². The molecular weight excluding hydrogens is 229 g/mol. The second kappa shape index (κ2) is 5.37. The third-order valence-corrected chi connectivity index (χ3v) is 3.87. The maximum Gasteiger partial charge on any atom is 0.123 e. The van der Waals surface area contributed by atoms with Gasteiger partial charge in [-0.05, 0) is 43.4 Å². The molecule has 2 atom stereocenters. The van der Waals surface area contributed by atoms with Gasteiger partial charge >= 0.3 is 0 Å². The smallest absolute Gasteiger partial charge is 0.123 e. The average molecular weight is 249 g/mol. The first-order valence-electron chi connectivity index (χ1n) is 6.93. The van der Waals surface area contributed by atoms with Crippen molar-refractivity contribution in [3.8, 4) is 0 Å². The minimum Gasteiger partial charge on any atom is -0.373 e. The topological polar surface area (TPSA) is 21.3 Å². The second-order valence-corrected chi connectivity index (χ2v) is 5.43. The zero-order valence-electron chi connectivity index (χ0n) is 10.6. The van der Waals surface area contributed by atoms with Gasteiger partial charge in [-0.25, -0.2) is 4.39 Å². The molecule has 2 aliphatic rings.